The summed E-state index contributed by atoms with van der Waals surface area (Å²) in [4.78, 5) is 24.3. The quantitative estimate of drug-likeness (QED) is 0.857. The molecule has 1 aromatic rings. The molecular weight excluding hydrogens is 242 g/mol. The molecule has 2 atom stereocenters. The number of carbonyl (C=O) groups is 2. The van der Waals surface area contributed by atoms with Gasteiger partial charge in [-0.05, 0) is 11.5 Å². The highest BCUT2D eigenvalue weighted by molar-refractivity contribution is 5.78. The predicted molar refractivity (Wildman–Crippen MR) is 73.9 cm³/mol. The fourth-order valence-corrected chi connectivity index (χ4v) is 1.91. The Morgan fingerprint density at radius 1 is 1.21 bits per heavy atom. The summed E-state index contributed by atoms with van der Waals surface area (Å²) in [6.45, 7) is 3.85. The minimum atomic E-state index is -0.879. The van der Waals surface area contributed by atoms with Crippen LogP contribution in [0.1, 0.15) is 31.7 Å². The lowest BCUT2D eigenvalue weighted by molar-refractivity contribution is -0.142. The zero-order chi connectivity index (χ0) is 14.4. The third kappa shape index (κ3) is 4.73. The van der Waals surface area contributed by atoms with E-state index in [-0.39, 0.29) is 18.4 Å². The van der Waals surface area contributed by atoms with E-state index in [0.717, 1.165) is 5.56 Å². The van der Waals surface area contributed by atoms with E-state index < -0.39 is 11.9 Å². The average Bonchev–Trinajstić information content (AvgIpc) is 2.39. The number of nitrogens with zero attached hydrogens (tertiary/aromatic N) is 1. The first-order valence-corrected chi connectivity index (χ1v) is 6.43. The molecule has 0 aliphatic carbocycles. The maximum atomic E-state index is 12.0. The third-order valence-electron chi connectivity index (χ3n) is 3.24. The van der Waals surface area contributed by atoms with Crippen molar-refractivity contribution in [2.24, 2.45) is 5.92 Å². The number of amides is 1. The van der Waals surface area contributed by atoms with Gasteiger partial charge in [-0.15, -0.1) is 0 Å². The molecule has 0 saturated heterocycles. The second-order valence-electron chi connectivity index (χ2n) is 5.03. The highest BCUT2D eigenvalue weighted by atomic mass is 16.4. The Morgan fingerprint density at radius 3 is 2.32 bits per heavy atom. The highest BCUT2D eigenvalue weighted by Crippen LogP contribution is 2.19. The molecule has 4 heteroatoms. The monoisotopic (exact) mass is 263 g/mol. The van der Waals surface area contributed by atoms with Crippen molar-refractivity contribution in [3.8, 4) is 0 Å². The highest BCUT2D eigenvalue weighted by Gasteiger charge is 2.19. The molecule has 0 fully saturated rings. The van der Waals surface area contributed by atoms with Crippen LogP contribution in [0.25, 0.3) is 0 Å². The van der Waals surface area contributed by atoms with Gasteiger partial charge >= 0.3 is 5.97 Å². The van der Waals surface area contributed by atoms with Crippen LogP contribution < -0.4 is 0 Å². The lowest BCUT2D eigenvalue weighted by Gasteiger charge is -2.21. The number of benzene rings is 1. The SMILES string of the molecule is CC(CN(C)C(=O)CC(C)c1ccccc1)C(=O)O. The van der Waals surface area contributed by atoms with Crippen LogP contribution in [-0.2, 0) is 9.59 Å². The molecule has 19 heavy (non-hydrogen) atoms. The molecule has 104 valence electrons. The maximum Gasteiger partial charge on any atom is 0.308 e. The van der Waals surface area contributed by atoms with Crippen molar-refractivity contribution in [2.75, 3.05) is 13.6 Å². The number of hydrogen-bond donors (Lipinski definition) is 1. The molecule has 0 spiro atoms. The van der Waals surface area contributed by atoms with Crippen LogP contribution in [0, 0.1) is 5.92 Å². The molecule has 1 rings (SSSR count). The summed E-state index contributed by atoms with van der Waals surface area (Å²) in [6.07, 6.45) is 0.396. The number of hydrogen-bond acceptors (Lipinski definition) is 2. The zero-order valence-electron chi connectivity index (χ0n) is 11.7. The molecule has 2 unspecified atom stereocenters. The molecule has 4 nitrogen and oxygen atoms in total. The fraction of sp³-hybridized carbons (Fsp3) is 0.467. The summed E-state index contributed by atoms with van der Waals surface area (Å²) in [6, 6.07) is 9.84. The minimum Gasteiger partial charge on any atom is -0.481 e. The summed E-state index contributed by atoms with van der Waals surface area (Å²) in [5.41, 5.74) is 1.12. The molecule has 0 radical (unpaired) electrons. The van der Waals surface area contributed by atoms with E-state index in [1.54, 1.807) is 14.0 Å². The van der Waals surface area contributed by atoms with Crippen molar-refractivity contribution >= 4 is 11.9 Å². The van der Waals surface area contributed by atoms with Gasteiger partial charge in [0, 0.05) is 20.0 Å². The van der Waals surface area contributed by atoms with Crippen LogP contribution in [0.4, 0.5) is 0 Å². The van der Waals surface area contributed by atoms with E-state index in [0.29, 0.717) is 6.42 Å². The van der Waals surface area contributed by atoms with Crippen molar-refractivity contribution in [1.82, 2.24) is 4.90 Å². The lowest BCUT2D eigenvalue weighted by Crippen LogP contribution is -2.34. The van der Waals surface area contributed by atoms with Gasteiger partial charge in [0.15, 0.2) is 0 Å². The smallest absolute Gasteiger partial charge is 0.308 e. The standard InChI is InChI=1S/C15H21NO3/c1-11(13-7-5-4-6-8-13)9-14(17)16(3)10-12(2)15(18)19/h4-8,11-12H,9-10H2,1-3H3,(H,18,19). The molecule has 1 amide bonds. The van der Waals surface area contributed by atoms with Gasteiger partial charge in [0.25, 0.3) is 0 Å². The summed E-state index contributed by atoms with van der Waals surface area (Å²) in [7, 11) is 1.65. The second kappa shape index (κ2) is 6.92. The summed E-state index contributed by atoms with van der Waals surface area (Å²) in [5.74, 6) is -1.31. The number of carbonyl (C=O) groups excluding carboxylic acids is 1. The zero-order valence-corrected chi connectivity index (χ0v) is 11.7. The Morgan fingerprint density at radius 2 is 1.79 bits per heavy atom. The fourth-order valence-electron chi connectivity index (χ4n) is 1.91. The molecule has 1 N–H and O–H groups in total. The Bertz CT molecular complexity index is 430. The van der Waals surface area contributed by atoms with Crippen molar-refractivity contribution < 1.29 is 14.7 Å². The normalized spacial score (nSPS) is 13.6. The van der Waals surface area contributed by atoms with Crippen LogP contribution in [0.3, 0.4) is 0 Å². The van der Waals surface area contributed by atoms with Gasteiger partial charge < -0.3 is 10.0 Å². The largest absolute Gasteiger partial charge is 0.481 e. The first-order valence-electron chi connectivity index (χ1n) is 6.43. The first kappa shape index (κ1) is 15.2. The number of rotatable bonds is 6. The van der Waals surface area contributed by atoms with Gasteiger partial charge in [0.05, 0.1) is 5.92 Å². The maximum absolute atomic E-state index is 12.0. The van der Waals surface area contributed by atoms with Crippen LogP contribution in [-0.4, -0.2) is 35.5 Å². The van der Waals surface area contributed by atoms with E-state index >= 15 is 0 Å². The Labute approximate surface area is 114 Å². The minimum absolute atomic E-state index is 0.0237. The van der Waals surface area contributed by atoms with E-state index in [4.69, 9.17) is 5.11 Å². The van der Waals surface area contributed by atoms with Crippen molar-refractivity contribution in [3.05, 3.63) is 35.9 Å². The second-order valence-corrected chi connectivity index (χ2v) is 5.03. The molecule has 0 bridgehead atoms. The van der Waals surface area contributed by atoms with Gasteiger partial charge in [-0.3, -0.25) is 9.59 Å². The summed E-state index contributed by atoms with van der Waals surface area (Å²) >= 11 is 0. The van der Waals surface area contributed by atoms with E-state index in [2.05, 4.69) is 0 Å². The number of carboxylic acid groups (broad SMARTS) is 1. The van der Waals surface area contributed by atoms with Gasteiger partial charge in [-0.1, -0.05) is 44.2 Å². The Balaban J connectivity index is 2.53. The van der Waals surface area contributed by atoms with Gasteiger partial charge in [0.2, 0.25) is 5.91 Å². The van der Waals surface area contributed by atoms with Crippen LogP contribution in [0.2, 0.25) is 0 Å². The first-order chi connectivity index (χ1) is 8.91. The van der Waals surface area contributed by atoms with E-state index in [1.807, 2.05) is 37.3 Å². The van der Waals surface area contributed by atoms with Crippen molar-refractivity contribution in [3.63, 3.8) is 0 Å². The molecule has 0 aliphatic rings. The molecule has 0 aromatic heterocycles. The van der Waals surface area contributed by atoms with Crippen molar-refractivity contribution in [1.29, 1.82) is 0 Å². The summed E-state index contributed by atoms with van der Waals surface area (Å²) in [5, 5.41) is 8.83. The summed E-state index contributed by atoms with van der Waals surface area (Å²) < 4.78 is 0. The average molecular weight is 263 g/mol. The Kier molecular flexibility index (Phi) is 5.55. The van der Waals surface area contributed by atoms with Gasteiger partial charge in [-0.2, -0.15) is 0 Å². The Hall–Kier alpha value is -1.84. The molecular formula is C15H21NO3. The van der Waals surface area contributed by atoms with Crippen LogP contribution >= 0.6 is 0 Å². The van der Waals surface area contributed by atoms with Gasteiger partial charge in [-0.25, -0.2) is 0 Å². The number of carboxylic acids is 1. The number of aliphatic carboxylic acids is 1. The topological polar surface area (TPSA) is 57.6 Å². The predicted octanol–water partition coefficient (Wildman–Crippen LogP) is 2.36. The van der Waals surface area contributed by atoms with Crippen LogP contribution in [0.15, 0.2) is 30.3 Å². The van der Waals surface area contributed by atoms with E-state index in [9.17, 15) is 9.59 Å². The van der Waals surface area contributed by atoms with E-state index in [1.165, 1.54) is 4.90 Å². The third-order valence-corrected chi connectivity index (χ3v) is 3.24. The lowest BCUT2D eigenvalue weighted by atomic mass is 9.97. The molecule has 0 saturated carbocycles. The molecule has 0 aliphatic heterocycles. The van der Waals surface area contributed by atoms with Crippen LogP contribution in [0.5, 0.6) is 0 Å². The van der Waals surface area contributed by atoms with Gasteiger partial charge in [0.1, 0.15) is 0 Å². The van der Waals surface area contributed by atoms with Crippen molar-refractivity contribution in [2.45, 2.75) is 26.2 Å². The molecule has 1 aromatic carbocycles. The molecule has 0 heterocycles.